The lowest BCUT2D eigenvalue weighted by Gasteiger charge is -2.32. The van der Waals surface area contributed by atoms with Gasteiger partial charge in [0.25, 0.3) is 0 Å². The Bertz CT molecular complexity index is 716. The van der Waals surface area contributed by atoms with Gasteiger partial charge in [0, 0.05) is 32.5 Å². The van der Waals surface area contributed by atoms with Crippen LogP contribution >= 0.6 is 0 Å². The highest BCUT2D eigenvalue weighted by Crippen LogP contribution is 2.26. The summed E-state index contributed by atoms with van der Waals surface area (Å²) in [5.41, 5.74) is 1.11. The van der Waals surface area contributed by atoms with E-state index in [0.29, 0.717) is 32.7 Å². The van der Waals surface area contributed by atoms with Crippen LogP contribution in [0.2, 0.25) is 0 Å². The van der Waals surface area contributed by atoms with Crippen LogP contribution in [-0.2, 0) is 16.1 Å². The maximum Gasteiger partial charge on any atom is 0.222 e. The molecule has 2 aromatic rings. The van der Waals surface area contributed by atoms with E-state index in [1.807, 2.05) is 33.8 Å². The van der Waals surface area contributed by atoms with E-state index < -0.39 is 0 Å². The van der Waals surface area contributed by atoms with Crippen molar-refractivity contribution in [3.8, 4) is 5.75 Å². The number of rotatable bonds is 7. The molecule has 1 atom stereocenters. The van der Waals surface area contributed by atoms with Crippen LogP contribution in [0.25, 0.3) is 0 Å². The van der Waals surface area contributed by atoms with Gasteiger partial charge in [0.2, 0.25) is 5.91 Å². The Morgan fingerprint density at radius 3 is 3.00 bits per heavy atom. The molecule has 0 saturated carbocycles. The number of methoxy groups -OCH3 is 2. The van der Waals surface area contributed by atoms with Crippen LogP contribution in [0, 0.1) is 0 Å². The van der Waals surface area contributed by atoms with E-state index >= 15 is 0 Å². The number of aromatic nitrogens is 3. The molecule has 7 heteroatoms. The number of benzene rings is 1. The summed E-state index contributed by atoms with van der Waals surface area (Å²) < 4.78 is 12.3. The minimum Gasteiger partial charge on any atom is -0.497 e. The van der Waals surface area contributed by atoms with Gasteiger partial charge in [-0.05, 0) is 24.1 Å². The molecule has 3 rings (SSSR count). The van der Waals surface area contributed by atoms with Crippen molar-refractivity contribution >= 4 is 5.91 Å². The van der Waals surface area contributed by atoms with Crippen molar-refractivity contribution in [2.24, 2.45) is 0 Å². The normalized spacial score (nSPS) is 17.8. The Hall–Kier alpha value is -2.41. The molecule has 1 saturated heterocycles. The lowest BCUT2D eigenvalue weighted by Crippen LogP contribution is -2.41. The highest BCUT2D eigenvalue weighted by molar-refractivity contribution is 5.77. The number of hydrogen-bond donors (Lipinski definition) is 0. The van der Waals surface area contributed by atoms with Crippen molar-refractivity contribution in [3.63, 3.8) is 0 Å². The molecule has 1 fully saturated rings. The fraction of sp³-hybridized carbons (Fsp3) is 0.500. The maximum atomic E-state index is 12.1. The predicted molar refractivity (Wildman–Crippen MR) is 92.5 cm³/mol. The molecule has 0 radical (unpaired) electrons. The number of piperidine rings is 1. The first-order valence-corrected chi connectivity index (χ1v) is 8.48. The molecule has 1 aromatic carbocycles. The zero-order valence-corrected chi connectivity index (χ0v) is 14.7. The molecule has 0 spiro atoms. The van der Waals surface area contributed by atoms with Crippen LogP contribution in [0.3, 0.4) is 0 Å². The monoisotopic (exact) mass is 344 g/mol. The molecule has 1 amide bonds. The van der Waals surface area contributed by atoms with E-state index in [4.69, 9.17) is 9.47 Å². The maximum absolute atomic E-state index is 12.1. The van der Waals surface area contributed by atoms with Gasteiger partial charge >= 0.3 is 0 Å². The molecule has 1 unspecified atom stereocenters. The van der Waals surface area contributed by atoms with E-state index in [2.05, 4.69) is 10.1 Å². The number of amides is 1. The number of nitrogens with zero attached hydrogens (tertiary/aromatic N) is 4. The van der Waals surface area contributed by atoms with Crippen molar-refractivity contribution in [3.05, 3.63) is 42.0 Å². The van der Waals surface area contributed by atoms with Crippen LogP contribution < -0.4 is 4.74 Å². The molecular formula is C18H24N4O3. The van der Waals surface area contributed by atoms with Crippen molar-refractivity contribution < 1.29 is 14.3 Å². The summed E-state index contributed by atoms with van der Waals surface area (Å²) in [7, 11) is 3.31. The van der Waals surface area contributed by atoms with Crippen molar-refractivity contribution in [1.29, 1.82) is 0 Å². The minimum absolute atomic E-state index is 0.187. The first-order valence-electron chi connectivity index (χ1n) is 8.48. The zero-order valence-electron chi connectivity index (χ0n) is 14.7. The Kier molecular flexibility index (Phi) is 5.65. The van der Waals surface area contributed by atoms with Gasteiger partial charge in [0.05, 0.1) is 20.3 Å². The summed E-state index contributed by atoms with van der Waals surface area (Å²) in [6, 6.07) is 7.94. The highest BCUT2D eigenvalue weighted by Gasteiger charge is 2.29. The lowest BCUT2D eigenvalue weighted by molar-refractivity contribution is -0.134. The SMILES string of the molecule is COCCN1CC(c2ncnn2Cc2cccc(OC)c2)CCC1=O. The van der Waals surface area contributed by atoms with Gasteiger partial charge in [-0.3, -0.25) is 4.79 Å². The van der Waals surface area contributed by atoms with Crippen molar-refractivity contribution in [1.82, 2.24) is 19.7 Å². The zero-order chi connectivity index (χ0) is 17.6. The Morgan fingerprint density at radius 1 is 1.32 bits per heavy atom. The van der Waals surface area contributed by atoms with Gasteiger partial charge in [0.1, 0.15) is 17.9 Å². The summed E-state index contributed by atoms with van der Waals surface area (Å²) in [5, 5.41) is 4.38. The van der Waals surface area contributed by atoms with Gasteiger partial charge in [0.15, 0.2) is 0 Å². The van der Waals surface area contributed by atoms with Crippen LogP contribution in [0.5, 0.6) is 5.75 Å². The van der Waals surface area contributed by atoms with Crippen LogP contribution in [0.4, 0.5) is 0 Å². The molecule has 0 N–H and O–H groups in total. The summed E-state index contributed by atoms with van der Waals surface area (Å²) in [5.74, 6) is 2.14. The third kappa shape index (κ3) is 4.17. The Labute approximate surface area is 147 Å². The van der Waals surface area contributed by atoms with E-state index in [1.54, 1.807) is 20.5 Å². The lowest BCUT2D eigenvalue weighted by atomic mass is 9.96. The molecule has 25 heavy (non-hydrogen) atoms. The predicted octanol–water partition coefficient (Wildman–Crippen LogP) is 1.69. The smallest absolute Gasteiger partial charge is 0.222 e. The average Bonchev–Trinajstić information content (AvgIpc) is 3.09. The second kappa shape index (κ2) is 8.11. The topological polar surface area (TPSA) is 69.5 Å². The average molecular weight is 344 g/mol. The van der Waals surface area contributed by atoms with Gasteiger partial charge in [-0.15, -0.1) is 0 Å². The molecule has 1 aliphatic rings. The van der Waals surface area contributed by atoms with E-state index in [-0.39, 0.29) is 11.8 Å². The molecule has 134 valence electrons. The van der Waals surface area contributed by atoms with Gasteiger partial charge < -0.3 is 14.4 Å². The fourth-order valence-corrected chi connectivity index (χ4v) is 3.20. The summed E-state index contributed by atoms with van der Waals surface area (Å²) >= 11 is 0. The standard InChI is InChI=1S/C18H24N4O3/c1-24-9-8-21-12-15(6-7-17(21)23)18-19-13-20-22(18)11-14-4-3-5-16(10-14)25-2/h3-5,10,13,15H,6-9,11-12H2,1-2H3. The second-order valence-corrected chi connectivity index (χ2v) is 6.20. The van der Waals surface area contributed by atoms with Gasteiger partial charge in [-0.2, -0.15) is 5.10 Å². The molecule has 0 bridgehead atoms. The Morgan fingerprint density at radius 2 is 2.20 bits per heavy atom. The number of hydrogen-bond acceptors (Lipinski definition) is 5. The fourth-order valence-electron chi connectivity index (χ4n) is 3.20. The van der Waals surface area contributed by atoms with E-state index in [9.17, 15) is 4.79 Å². The third-order valence-corrected chi connectivity index (χ3v) is 4.54. The quantitative estimate of drug-likeness (QED) is 0.764. The summed E-state index contributed by atoms with van der Waals surface area (Å²) in [6.45, 7) is 2.47. The number of carbonyl (C=O) groups is 1. The second-order valence-electron chi connectivity index (χ2n) is 6.20. The van der Waals surface area contributed by atoms with Crippen LogP contribution in [0.1, 0.15) is 30.1 Å². The summed E-state index contributed by atoms with van der Waals surface area (Å²) in [6.07, 6.45) is 2.94. The van der Waals surface area contributed by atoms with Crippen LogP contribution in [0.15, 0.2) is 30.6 Å². The molecule has 7 nitrogen and oxygen atoms in total. The molecule has 1 aliphatic heterocycles. The molecule has 0 aliphatic carbocycles. The molecular weight excluding hydrogens is 320 g/mol. The van der Waals surface area contributed by atoms with Crippen molar-refractivity contribution in [2.45, 2.75) is 25.3 Å². The van der Waals surface area contributed by atoms with E-state index in [1.165, 1.54) is 0 Å². The number of carbonyl (C=O) groups excluding carboxylic acids is 1. The Balaban J connectivity index is 1.73. The summed E-state index contributed by atoms with van der Waals surface area (Å²) in [4.78, 5) is 18.4. The number of likely N-dealkylation sites (tertiary alicyclic amines) is 1. The first kappa shape index (κ1) is 17.4. The number of ether oxygens (including phenoxy) is 2. The van der Waals surface area contributed by atoms with Gasteiger partial charge in [-0.1, -0.05) is 12.1 Å². The first-order chi connectivity index (χ1) is 12.2. The van der Waals surface area contributed by atoms with Gasteiger partial charge in [-0.25, -0.2) is 9.67 Å². The molecule has 2 heterocycles. The highest BCUT2D eigenvalue weighted by atomic mass is 16.5. The molecule has 1 aromatic heterocycles. The minimum atomic E-state index is 0.187. The third-order valence-electron chi connectivity index (χ3n) is 4.54. The van der Waals surface area contributed by atoms with E-state index in [0.717, 1.165) is 23.6 Å². The van der Waals surface area contributed by atoms with Crippen LogP contribution in [-0.4, -0.2) is 59.5 Å². The van der Waals surface area contributed by atoms with Crippen molar-refractivity contribution in [2.75, 3.05) is 33.9 Å². The largest absolute Gasteiger partial charge is 0.497 e.